The zero-order valence-corrected chi connectivity index (χ0v) is 14.8. The molecule has 0 atom stereocenters. The molecule has 3 nitrogen and oxygen atoms in total. The zero-order valence-electron chi connectivity index (χ0n) is 11.6. The van der Waals surface area contributed by atoms with Crippen molar-refractivity contribution < 1.29 is 4.74 Å². The van der Waals surface area contributed by atoms with Gasteiger partial charge in [-0.1, -0.05) is 6.07 Å². The van der Waals surface area contributed by atoms with E-state index in [4.69, 9.17) is 4.74 Å². The lowest BCUT2D eigenvalue weighted by atomic mass is 10.1. The summed E-state index contributed by atoms with van der Waals surface area (Å²) in [6, 6.07) is 5.99. The Bertz CT molecular complexity index is 609. The maximum atomic E-state index is 5.43. The Kier molecular flexibility index (Phi) is 5.05. The highest BCUT2D eigenvalue weighted by molar-refractivity contribution is 9.11. The summed E-state index contributed by atoms with van der Waals surface area (Å²) in [4.78, 5) is 4.49. The summed E-state index contributed by atoms with van der Waals surface area (Å²) in [6.07, 6.45) is 1.85. The third kappa shape index (κ3) is 3.15. The van der Waals surface area contributed by atoms with E-state index in [-0.39, 0.29) is 0 Å². The van der Waals surface area contributed by atoms with E-state index in [9.17, 15) is 0 Å². The van der Waals surface area contributed by atoms with Crippen LogP contribution in [0.3, 0.4) is 0 Å². The number of para-hydroxylation sites is 1. The SMILES string of the molecule is COc1c(C)cnc(CNc2c(Br)cccc2Br)c1C. The highest BCUT2D eigenvalue weighted by atomic mass is 79.9. The van der Waals surface area contributed by atoms with Crippen molar-refractivity contribution in [2.24, 2.45) is 0 Å². The smallest absolute Gasteiger partial charge is 0.128 e. The van der Waals surface area contributed by atoms with E-state index < -0.39 is 0 Å². The Labute approximate surface area is 136 Å². The molecule has 2 rings (SSSR count). The minimum atomic E-state index is 0.643. The Morgan fingerprint density at radius 3 is 2.45 bits per heavy atom. The molecule has 0 saturated carbocycles. The average molecular weight is 400 g/mol. The van der Waals surface area contributed by atoms with E-state index in [1.165, 1.54) is 0 Å². The number of halogens is 2. The van der Waals surface area contributed by atoms with Crippen molar-refractivity contribution in [2.45, 2.75) is 20.4 Å². The number of anilines is 1. The molecule has 106 valence electrons. The average Bonchev–Trinajstić information content (AvgIpc) is 2.41. The number of methoxy groups -OCH3 is 1. The van der Waals surface area contributed by atoms with Crippen LogP contribution in [0.2, 0.25) is 0 Å². The van der Waals surface area contributed by atoms with Gasteiger partial charge in [0.05, 0.1) is 25.0 Å². The van der Waals surface area contributed by atoms with Crippen LogP contribution in [0, 0.1) is 13.8 Å². The second kappa shape index (κ2) is 6.59. The maximum absolute atomic E-state index is 5.43. The number of pyridine rings is 1. The molecule has 0 aliphatic heterocycles. The van der Waals surface area contributed by atoms with Crippen LogP contribution >= 0.6 is 31.9 Å². The first kappa shape index (κ1) is 15.3. The fourth-order valence-corrected chi connectivity index (χ4v) is 3.37. The van der Waals surface area contributed by atoms with Crippen molar-refractivity contribution in [1.82, 2.24) is 4.98 Å². The number of hydrogen-bond donors (Lipinski definition) is 1. The van der Waals surface area contributed by atoms with Crippen molar-refractivity contribution in [3.8, 4) is 5.75 Å². The molecule has 0 saturated heterocycles. The molecule has 0 bridgehead atoms. The minimum Gasteiger partial charge on any atom is -0.496 e. The predicted octanol–water partition coefficient (Wildman–Crippen LogP) is 4.84. The lowest BCUT2D eigenvalue weighted by Crippen LogP contribution is -2.06. The van der Waals surface area contributed by atoms with Gasteiger partial charge in [0.15, 0.2) is 0 Å². The first-order chi connectivity index (χ1) is 9.54. The third-order valence-corrected chi connectivity index (χ3v) is 4.47. The predicted molar refractivity (Wildman–Crippen MR) is 89.4 cm³/mol. The summed E-state index contributed by atoms with van der Waals surface area (Å²) in [6.45, 7) is 4.68. The fraction of sp³-hybridized carbons (Fsp3) is 0.267. The van der Waals surface area contributed by atoms with Gasteiger partial charge in [0, 0.05) is 26.3 Å². The molecule has 0 amide bonds. The van der Waals surface area contributed by atoms with Crippen molar-refractivity contribution in [3.63, 3.8) is 0 Å². The summed E-state index contributed by atoms with van der Waals surface area (Å²) in [7, 11) is 1.69. The highest BCUT2D eigenvalue weighted by Gasteiger charge is 2.10. The Balaban J connectivity index is 2.24. The monoisotopic (exact) mass is 398 g/mol. The Morgan fingerprint density at radius 1 is 1.20 bits per heavy atom. The van der Waals surface area contributed by atoms with E-state index in [1.54, 1.807) is 7.11 Å². The van der Waals surface area contributed by atoms with Gasteiger partial charge in [-0.15, -0.1) is 0 Å². The highest BCUT2D eigenvalue weighted by Crippen LogP contribution is 2.31. The number of aromatic nitrogens is 1. The Morgan fingerprint density at radius 2 is 1.85 bits per heavy atom. The van der Waals surface area contributed by atoms with Crippen LogP contribution < -0.4 is 10.1 Å². The molecule has 0 unspecified atom stereocenters. The van der Waals surface area contributed by atoms with Crippen molar-refractivity contribution >= 4 is 37.5 Å². The number of benzene rings is 1. The van der Waals surface area contributed by atoms with Gasteiger partial charge in [0.1, 0.15) is 5.75 Å². The number of aryl methyl sites for hydroxylation is 1. The number of nitrogens with one attached hydrogen (secondary N) is 1. The van der Waals surface area contributed by atoms with Crippen LogP contribution in [-0.4, -0.2) is 12.1 Å². The first-order valence-corrected chi connectivity index (χ1v) is 7.80. The quantitative estimate of drug-likeness (QED) is 0.798. The van der Waals surface area contributed by atoms with Crippen LogP contribution in [0.5, 0.6) is 5.75 Å². The molecular weight excluding hydrogens is 384 g/mol. The van der Waals surface area contributed by atoms with Crippen molar-refractivity contribution in [1.29, 1.82) is 0 Å². The molecule has 1 aromatic carbocycles. The van der Waals surface area contributed by atoms with Gasteiger partial charge in [-0.3, -0.25) is 4.98 Å². The fourth-order valence-electron chi connectivity index (χ4n) is 2.09. The van der Waals surface area contributed by atoms with Crippen LogP contribution in [0.25, 0.3) is 0 Å². The summed E-state index contributed by atoms with van der Waals surface area (Å²) < 4.78 is 7.46. The molecule has 0 fully saturated rings. The van der Waals surface area contributed by atoms with Gasteiger partial charge >= 0.3 is 0 Å². The topological polar surface area (TPSA) is 34.1 Å². The van der Waals surface area contributed by atoms with Gasteiger partial charge in [0.2, 0.25) is 0 Å². The molecule has 2 aromatic rings. The molecule has 1 N–H and O–H groups in total. The summed E-state index contributed by atoms with van der Waals surface area (Å²) in [5, 5.41) is 3.40. The second-order valence-electron chi connectivity index (χ2n) is 4.50. The van der Waals surface area contributed by atoms with E-state index in [0.29, 0.717) is 6.54 Å². The van der Waals surface area contributed by atoms with Crippen molar-refractivity contribution in [3.05, 3.63) is 50.2 Å². The molecule has 1 heterocycles. The molecule has 5 heteroatoms. The number of rotatable bonds is 4. The third-order valence-electron chi connectivity index (χ3n) is 3.15. The van der Waals surface area contributed by atoms with E-state index in [2.05, 4.69) is 42.2 Å². The largest absolute Gasteiger partial charge is 0.496 e. The second-order valence-corrected chi connectivity index (χ2v) is 6.21. The minimum absolute atomic E-state index is 0.643. The van der Waals surface area contributed by atoms with Gasteiger partial charge in [0.25, 0.3) is 0 Å². The Hall–Kier alpha value is -1.07. The molecule has 0 radical (unpaired) electrons. The number of ether oxygens (including phenoxy) is 1. The molecule has 20 heavy (non-hydrogen) atoms. The van der Waals surface area contributed by atoms with E-state index >= 15 is 0 Å². The molecule has 0 spiro atoms. The normalized spacial score (nSPS) is 10.4. The van der Waals surface area contributed by atoms with Crippen LogP contribution in [0.15, 0.2) is 33.3 Å². The molecule has 0 aliphatic rings. The maximum Gasteiger partial charge on any atom is 0.128 e. The molecule has 1 aromatic heterocycles. The molecular formula is C15H16Br2N2O. The van der Waals surface area contributed by atoms with E-state index in [1.807, 2.05) is 38.2 Å². The van der Waals surface area contributed by atoms with Crippen LogP contribution in [-0.2, 0) is 6.54 Å². The summed E-state index contributed by atoms with van der Waals surface area (Å²) >= 11 is 7.08. The van der Waals surface area contributed by atoms with E-state index in [0.717, 1.165) is 37.2 Å². The standard InChI is InChI=1S/C15H16Br2N2O/c1-9-7-18-13(10(2)15(9)20-3)8-19-14-11(16)5-4-6-12(14)17/h4-7,19H,8H2,1-3H3. The lowest BCUT2D eigenvalue weighted by molar-refractivity contribution is 0.407. The van der Waals surface area contributed by atoms with Gasteiger partial charge in [-0.2, -0.15) is 0 Å². The lowest BCUT2D eigenvalue weighted by Gasteiger charge is -2.14. The number of hydrogen-bond acceptors (Lipinski definition) is 3. The number of nitrogens with zero attached hydrogens (tertiary/aromatic N) is 1. The van der Waals surface area contributed by atoms with Crippen LogP contribution in [0.4, 0.5) is 5.69 Å². The summed E-state index contributed by atoms with van der Waals surface area (Å²) in [5.41, 5.74) is 4.13. The van der Waals surface area contributed by atoms with Gasteiger partial charge < -0.3 is 10.1 Å². The molecule has 0 aliphatic carbocycles. The van der Waals surface area contributed by atoms with Gasteiger partial charge in [-0.05, 0) is 57.8 Å². The van der Waals surface area contributed by atoms with Gasteiger partial charge in [-0.25, -0.2) is 0 Å². The van der Waals surface area contributed by atoms with Crippen molar-refractivity contribution in [2.75, 3.05) is 12.4 Å². The van der Waals surface area contributed by atoms with Crippen LogP contribution in [0.1, 0.15) is 16.8 Å². The zero-order chi connectivity index (χ0) is 14.7. The summed E-state index contributed by atoms with van der Waals surface area (Å²) in [5.74, 6) is 0.906. The first-order valence-electron chi connectivity index (χ1n) is 6.21.